The van der Waals surface area contributed by atoms with Crippen LogP contribution < -0.4 is 10.1 Å². The summed E-state index contributed by atoms with van der Waals surface area (Å²) in [6.07, 6.45) is 0. The number of carbonyl (C=O) groups is 1. The van der Waals surface area contributed by atoms with Crippen LogP contribution in [0.5, 0.6) is 5.75 Å². The number of rotatable bonds is 5. The summed E-state index contributed by atoms with van der Waals surface area (Å²) in [5, 5.41) is 3.57. The number of nitrogens with one attached hydrogen (secondary N) is 1. The highest BCUT2D eigenvalue weighted by Gasteiger charge is 2.30. The minimum Gasteiger partial charge on any atom is -0.497 e. The van der Waals surface area contributed by atoms with E-state index >= 15 is 0 Å². The Kier molecular flexibility index (Phi) is 5.91. The van der Waals surface area contributed by atoms with Crippen molar-refractivity contribution in [1.82, 2.24) is 4.90 Å². The Morgan fingerprint density at radius 3 is 2.48 bits per heavy atom. The molecular weight excluding hydrogens is 340 g/mol. The highest BCUT2D eigenvalue weighted by atomic mass is 35.5. The molecule has 132 valence electrons. The van der Waals surface area contributed by atoms with Crippen molar-refractivity contribution in [1.29, 1.82) is 0 Å². The average molecular weight is 361 g/mol. The molecule has 0 aromatic heterocycles. The van der Waals surface area contributed by atoms with E-state index in [1.54, 1.807) is 7.11 Å². The fraction of sp³-hybridized carbons (Fsp3) is 0.316. The molecule has 1 amide bonds. The van der Waals surface area contributed by atoms with Gasteiger partial charge in [0.15, 0.2) is 0 Å². The number of amides is 1. The Hall–Kier alpha value is -2.08. The van der Waals surface area contributed by atoms with Crippen molar-refractivity contribution in [3.05, 3.63) is 59.1 Å². The Morgan fingerprint density at radius 2 is 1.84 bits per heavy atom. The summed E-state index contributed by atoms with van der Waals surface area (Å²) in [5.74, 6) is 0.633. The van der Waals surface area contributed by atoms with Gasteiger partial charge in [0.05, 0.1) is 20.3 Å². The summed E-state index contributed by atoms with van der Waals surface area (Å²) in [6, 6.07) is 14.3. The van der Waals surface area contributed by atoms with E-state index in [-0.39, 0.29) is 5.91 Å². The zero-order valence-electron chi connectivity index (χ0n) is 14.1. The number of methoxy groups -OCH3 is 1. The van der Waals surface area contributed by atoms with E-state index in [0.29, 0.717) is 31.3 Å². The predicted octanol–water partition coefficient (Wildman–Crippen LogP) is 3.36. The van der Waals surface area contributed by atoms with Crippen molar-refractivity contribution in [2.45, 2.75) is 6.04 Å². The van der Waals surface area contributed by atoms with E-state index in [9.17, 15) is 4.79 Å². The van der Waals surface area contributed by atoms with Gasteiger partial charge in [-0.2, -0.15) is 0 Å². The number of hydrogen-bond donors (Lipinski definition) is 1. The van der Waals surface area contributed by atoms with Gasteiger partial charge in [-0.1, -0.05) is 29.8 Å². The van der Waals surface area contributed by atoms with E-state index in [1.807, 2.05) is 48.5 Å². The SMILES string of the molecule is COc1ccc(NC(=O)C(c2ccccc2Cl)N2CCOCC2)cc1. The highest BCUT2D eigenvalue weighted by molar-refractivity contribution is 6.31. The fourth-order valence-corrected chi connectivity index (χ4v) is 3.16. The monoisotopic (exact) mass is 360 g/mol. The predicted molar refractivity (Wildman–Crippen MR) is 98.2 cm³/mol. The van der Waals surface area contributed by atoms with Crippen LogP contribution in [0.4, 0.5) is 5.69 Å². The summed E-state index contributed by atoms with van der Waals surface area (Å²) < 4.78 is 10.6. The molecule has 0 bridgehead atoms. The minimum atomic E-state index is -0.459. The van der Waals surface area contributed by atoms with Crippen molar-refractivity contribution < 1.29 is 14.3 Å². The smallest absolute Gasteiger partial charge is 0.246 e. The lowest BCUT2D eigenvalue weighted by Crippen LogP contribution is -2.44. The number of benzene rings is 2. The van der Waals surface area contributed by atoms with Gasteiger partial charge in [-0.3, -0.25) is 9.69 Å². The topological polar surface area (TPSA) is 50.8 Å². The first-order chi connectivity index (χ1) is 12.2. The molecule has 0 aliphatic carbocycles. The lowest BCUT2D eigenvalue weighted by atomic mass is 10.0. The summed E-state index contributed by atoms with van der Waals surface area (Å²) in [7, 11) is 1.61. The molecule has 25 heavy (non-hydrogen) atoms. The average Bonchev–Trinajstić information content (AvgIpc) is 2.65. The van der Waals surface area contributed by atoms with Crippen LogP contribution in [0.3, 0.4) is 0 Å². The second-order valence-electron chi connectivity index (χ2n) is 5.79. The van der Waals surface area contributed by atoms with Gasteiger partial charge >= 0.3 is 0 Å². The summed E-state index contributed by atoms with van der Waals surface area (Å²) >= 11 is 6.37. The Morgan fingerprint density at radius 1 is 1.16 bits per heavy atom. The number of ether oxygens (including phenoxy) is 2. The van der Waals surface area contributed by atoms with Crippen LogP contribution in [0.2, 0.25) is 5.02 Å². The third kappa shape index (κ3) is 4.31. The van der Waals surface area contributed by atoms with Crippen LogP contribution in [0, 0.1) is 0 Å². The third-order valence-electron chi connectivity index (χ3n) is 4.22. The lowest BCUT2D eigenvalue weighted by molar-refractivity contribution is -0.123. The van der Waals surface area contributed by atoms with Gasteiger partial charge in [-0.05, 0) is 35.9 Å². The van der Waals surface area contributed by atoms with Crippen LogP contribution in [-0.4, -0.2) is 44.2 Å². The second kappa shape index (κ2) is 8.34. The first-order valence-corrected chi connectivity index (χ1v) is 8.58. The van der Waals surface area contributed by atoms with Gasteiger partial charge < -0.3 is 14.8 Å². The summed E-state index contributed by atoms with van der Waals surface area (Å²) in [5.41, 5.74) is 1.52. The van der Waals surface area contributed by atoms with Crippen molar-refractivity contribution in [2.24, 2.45) is 0 Å². The van der Waals surface area contributed by atoms with Gasteiger partial charge in [-0.25, -0.2) is 0 Å². The Labute approximate surface area is 152 Å². The van der Waals surface area contributed by atoms with Gasteiger partial charge in [0.2, 0.25) is 5.91 Å². The summed E-state index contributed by atoms with van der Waals surface area (Å²) in [4.78, 5) is 15.1. The number of carbonyl (C=O) groups excluding carboxylic acids is 1. The quantitative estimate of drug-likeness (QED) is 0.888. The number of morpholine rings is 1. The van der Waals surface area contributed by atoms with Crippen molar-refractivity contribution >= 4 is 23.2 Å². The molecule has 2 aromatic rings. The van der Waals surface area contributed by atoms with Crippen LogP contribution >= 0.6 is 11.6 Å². The van der Waals surface area contributed by atoms with Crippen molar-refractivity contribution in [2.75, 3.05) is 38.7 Å². The Bertz CT molecular complexity index is 715. The van der Waals surface area contributed by atoms with Crippen molar-refractivity contribution in [3.63, 3.8) is 0 Å². The molecule has 1 saturated heterocycles. The fourth-order valence-electron chi connectivity index (χ4n) is 2.92. The number of anilines is 1. The van der Waals surface area contributed by atoms with Gasteiger partial charge in [0.1, 0.15) is 11.8 Å². The first-order valence-electron chi connectivity index (χ1n) is 8.20. The number of hydrogen-bond acceptors (Lipinski definition) is 4. The van der Waals surface area contributed by atoms with Gasteiger partial charge in [0.25, 0.3) is 0 Å². The normalized spacial score (nSPS) is 16.2. The van der Waals surface area contributed by atoms with Crippen LogP contribution in [0.15, 0.2) is 48.5 Å². The third-order valence-corrected chi connectivity index (χ3v) is 4.56. The molecule has 1 heterocycles. The summed E-state index contributed by atoms with van der Waals surface area (Å²) in [6.45, 7) is 2.59. The first kappa shape index (κ1) is 17.7. The highest BCUT2D eigenvalue weighted by Crippen LogP contribution is 2.29. The van der Waals surface area contributed by atoms with Crippen LogP contribution in [-0.2, 0) is 9.53 Å². The molecule has 3 rings (SSSR count). The second-order valence-corrected chi connectivity index (χ2v) is 6.20. The standard InChI is InChI=1S/C19H21ClN2O3/c1-24-15-8-6-14(7-9-15)21-19(23)18(22-10-12-25-13-11-22)16-4-2-3-5-17(16)20/h2-9,18H,10-13H2,1H3,(H,21,23). The lowest BCUT2D eigenvalue weighted by Gasteiger charge is -2.34. The molecule has 1 fully saturated rings. The molecule has 1 atom stereocenters. The zero-order valence-corrected chi connectivity index (χ0v) is 14.8. The molecule has 1 unspecified atom stereocenters. The maximum Gasteiger partial charge on any atom is 0.246 e. The van der Waals surface area contributed by atoms with E-state index in [4.69, 9.17) is 21.1 Å². The Balaban J connectivity index is 1.84. The van der Waals surface area contributed by atoms with E-state index in [0.717, 1.165) is 17.0 Å². The van der Waals surface area contributed by atoms with Crippen LogP contribution in [0.1, 0.15) is 11.6 Å². The number of halogens is 1. The largest absolute Gasteiger partial charge is 0.497 e. The molecule has 6 heteroatoms. The molecular formula is C19H21ClN2O3. The molecule has 2 aromatic carbocycles. The van der Waals surface area contributed by atoms with E-state index in [2.05, 4.69) is 10.2 Å². The molecule has 1 aliphatic rings. The number of nitrogens with zero attached hydrogens (tertiary/aromatic N) is 1. The van der Waals surface area contributed by atoms with E-state index in [1.165, 1.54) is 0 Å². The van der Waals surface area contributed by atoms with Crippen molar-refractivity contribution in [3.8, 4) is 5.75 Å². The van der Waals surface area contributed by atoms with Crippen LogP contribution in [0.25, 0.3) is 0 Å². The molecule has 0 radical (unpaired) electrons. The molecule has 1 N–H and O–H groups in total. The molecule has 0 spiro atoms. The molecule has 1 aliphatic heterocycles. The van der Waals surface area contributed by atoms with Gasteiger partial charge in [-0.15, -0.1) is 0 Å². The van der Waals surface area contributed by atoms with E-state index < -0.39 is 6.04 Å². The minimum absolute atomic E-state index is 0.111. The van der Waals surface area contributed by atoms with Gasteiger partial charge in [0, 0.05) is 23.8 Å². The zero-order chi connectivity index (χ0) is 17.6. The molecule has 0 saturated carbocycles. The maximum absolute atomic E-state index is 13.0. The maximum atomic E-state index is 13.0. The molecule has 5 nitrogen and oxygen atoms in total.